The Hall–Kier alpha value is -1.95. The van der Waals surface area contributed by atoms with Gasteiger partial charge in [0.1, 0.15) is 0 Å². The summed E-state index contributed by atoms with van der Waals surface area (Å²) in [6, 6.07) is 6.01. The van der Waals surface area contributed by atoms with Crippen LogP contribution in [0.4, 0.5) is 0 Å². The maximum absolute atomic E-state index is 5.03. The van der Waals surface area contributed by atoms with E-state index in [-0.39, 0.29) is 6.04 Å². The Morgan fingerprint density at radius 2 is 2.15 bits per heavy atom. The number of hydrogen-bond acceptors (Lipinski definition) is 5. The minimum atomic E-state index is 0.105. The van der Waals surface area contributed by atoms with Gasteiger partial charge in [0.2, 0.25) is 5.88 Å². The molecule has 6 heteroatoms. The summed E-state index contributed by atoms with van der Waals surface area (Å²) >= 11 is 0. The zero-order chi connectivity index (χ0) is 14.5. The molecule has 0 saturated heterocycles. The second-order valence-electron chi connectivity index (χ2n) is 4.65. The number of hydrogen-bond donors (Lipinski definition) is 1. The minimum Gasteiger partial charge on any atom is -0.480 e. The molecule has 0 aliphatic heterocycles. The van der Waals surface area contributed by atoms with E-state index in [1.54, 1.807) is 7.11 Å². The third-order valence-corrected chi connectivity index (χ3v) is 3.38. The zero-order valence-corrected chi connectivity index (χ0v) is 12.4. The van der Waals surface area contributed by atoms with Crippen molar-refractivity contribution in [2.45, 2.75) is 25.8 Å². The van der Waals surface area contributed by atoms with Crippen LogP contribution < -0.4 is 10.1 Å². The lowest BCUT2D eigenvalue weighted by Crippen LogP contribution is -2.21. The van der Waals surface area contributed by atoms with Gasteiger partial charge in [0, 0.05) is 25.2 Å². The molecule has 6 nitrogen and oxygen atoms in total. The van der Waals surface area contributed by atoms with Gasteiger partial charge in [-0.15, -0.1) is 5.10 Å². The summed E-state index contributed by atoms with van der Waals surface area (Å²) in [7, 11) is 5.48. The van der Waals surface area contributed by atoms with Crippen molar-refractivity contribution in [1.82, 2.24) is 25.3 Å². The minimum absolute atomic E-state index is 0.105. The predicted octanol–water partition coefficient (Wildman–Crippen LogP) is 1.28. The van der Waals surface area contributed by atoms with E-state index in [1.165, 1.54) is 5.69 Å². The fourth-order valence-corrected chi connectivity index (χ4v) is 2.12. The fourth-order valence-electron chi connectivity index (χ4n) is 2.12. The summed E-state index contributed by atoms with van der Waals surface area (Å²) in [6.07, 6.45) is 1.77. The molecule has 1 unspecified atom stereocenters. The average Bonchev–Trinajstić information content (AvgIpc) is 2.85. The third-order valence-electron chi connectivity index (χ3n) is 3.38. The first-order valence-corrected chi connectivity index (χ1v) is 6.74. The maximum Gasteiger partial charge on any atom is 0.233 e. The first kappa shape index (κ1) is 14.5. The van der Waals surface area contributed by atoms with Gasteiger partial charge < -0.3 is 10.1 Å². The number of ether oxygens (including phenoxy) is 1. The van der Waals surface area contributed by atoms with Crippen molar-refractivity contribution in [3.63, 3.8) is 0 Å². The van der Waals surface area contributed by atoms with Crippen LogP contribution in [0.5, 0.6) is 5.88 Å². The summed E-state index contributed by atoms with van der Waals surface area (Å²) in [4.78, 5) is 0. The average molecular weight is 275 g/mol. The largest absolute Gasteiger partial charge is 0.480 e. The third kappa shape index (κ3) is 3.14. The molecular formula is C14H21N5O. The monoisotopic (exact) mass is 275 g/mol. The molecule has 20 heavy (non-hydrogen) atoms. The molecule has 0 aromatic carbocycles. The van der Waals surface area contributed by atoms with Crippen molar-refractivity contribution in [3.05, 3.63) is 35.3 Å². The zero-order valence-electron chi connectivity index (χ0n) is 12.4. The van der Waals surface area contributed by atoms with Crippen molar-refractivity contribution in [2.24, 2.45) is 7.05 Å². The molecule has 0 spiro atoms. The summed E-state index contributed by atoms with van der Waals surface area (Å²) in [5.74, 6) is 0.525. The molecule has 0 bridgehead atoms. The molecule has 0 amide bonds. The Morgan fingerprint density at radius 1 is 1.35 bits per heavy atom. The number of rotatable bonds is 6. The van der Waals surface area contributed by atoms with Crippen LogP contribution in [0, 0.1) is 0 Å². The number of aryl methyl sites for hydroxylation is 2. The molecule has 0 saturated carbocycles. The van der Waals surface area contributed by atoms with Crippen LogP contribution in [-0.4, -0.2) is 34.1 Å². The molecular weight excluding hydrogens is 254 g/mol. The number of methoxy groups -OCH3 is 1. The molecule has 0 aliphatic carbocycles. The Morgan fingerprint density at radius 3 is 2.65 bits per heavy atom. The van der Waals surface area contributed by atoms with Crippen LogP contribution in [0.15, 0.2) is 18.2 Å². The van der Waals surface area contributed by atoms with Gasteiger partial charge in [-0.1, -0.05) is 6.92 Å². The highest BCUT2D eigenvalue weighted by Crippen LogP contribution is 2.17. The molecule has 0 fully saturated rings. The number of likely N-dealkylation sites (N-methyl/N-ethyl adjacent to an activating group) is 1. The highest BCUT2D eigenvalue weighted by Gasteiger charge is 2.15. The van der Waals surface area contributed by atoms with Gasteiger partial charge in [-0.3, -0.25) is 4.68 Å². The predicted molar refractivity (Wildman–Crippen MR) is 76.7 cm³/mol. The molecule has 1 N–H and O–H groups in total. The van der Waals surface area contributed by atoms with E-state index in [1.807, 2.05) is 30.9 Å². The second-order valence-corrected chi connectivity index (χ2v) is 4.65. The van der Waals surface area contributed by atoms with Gasteiger partial charge in [-0.05, 0) is 25.6 Å². The van der Waals surface area contributed by atoms with E-state index in [0.29, 0.717) is 5.88 Å². The van der Waals surface area contributed by atoms with E-state index in [4.69, 9.17) is 4.74 Å². The fraction of sp³-hybridized carbons (Fsp3) is 0.500. The first-order chi connectivity index (χ1) is 9.67. The quantitative estimate of drug-likeness (QED) is 0.860. The molecule has 2 heterocycles. The van der Waals surface area contributed by atoms with Crippen LogP contribution in [0.25, 0.3) is 0 Å². The van der Waals surface area contributed by atoms with Gasteiger partial charge in [0.05, 0.1) is 24.5 Å². The van der Waals surface area contributed by atoms with E-state index in [2.05, 4.69) is 33.6 Å². The van der Waals surface area contributed by atoms with Crippen molar-refractivity contribution < 1.29 is 4.74 Å². The van der Waals surface area contributed by atoms with Crippen molar-refractivity contribution in [1.29, 1.82) is 0 Å². The van der Waals surface area contributed by atoms with E-state index in [0.717, 1.165) is 24.2 Å². The summed E-state index contributed by atoms with van der Waals surface area (Å²) < 4.78 is 6.96. The van der Waals surface area contributed by atoms with E-state index in [9.17, 15) is 0 Å². The van der Waals surface area contributed by atoms with Crippen molar-refractivity contribution in [2.75, 3.05) is 14.2 Å². The van der Waals surface area contributed by atoms with Gasteiger partial charge in [0.15, 0.2) is 0 Å². The SMILES string of the molecule is CCc1cc(CC(NC)c2ccc(OC)nn2)n(C)n1. The highest BCUT2D eigenvalue weighted by molar-refractivity contribution is 5.18. The Kier molecular flexibility index (Phi) is 4.68. The first-order valence-electron chi connectivity index (χ1n) is 6.74. The molecule has 2 aromatic heterocycles. The topological polar surface area (TPSA) is 64.9 Å². The lowest BCUT2D eigenvalue weighted by molar-refractivity contribution is 0.389. The van der Waals surface area contributed by atoms with Crippen molar-refractivity contribution >= 4 is 0 Å². The van der Waals surface area contributed by atoms with Crippen LogP contribution >= 0.6 is 0 Å². The lowest BCUT2D eigenvalue weighted by atomic mass is 10.1. The molecule has 2 aromatic rings. The van der Waals surface area contributed by atoms with Crippen LogP contribution in [0.3, 0.4) is 0 Å². The molecule has 0 aliphatic rings. The summed E-state index contributed by atoms with van der Waals surface area (Å²) in [5.41, 5.74) is 3.18. The van der Waals surface area contributed by atoms with E-state index >= 15 is 0 Å². The molecule has 108 valence electrons. The molecule has 2 rings (SSSR count). The maximum atomic E-state index is 5.03. The standard InChI is InChI=1S/C14H21N5O/c1-5-10-8-11(19(3)18-10)9-13(15-2)12-6-7-14(20-4)17-16-12/h6-8,13,15H,5,9H2,1-4H3. The van der Waals surface area contributed by atoms with Crippen LogP contribution in [0.2, 0.25) is 0 Å². The summed E-state index contributed by atoms with van der Waals surface area (Å²) in [5, 5.41) is 16.0. The lowest BCUT2D eigenvalue weighted by Gasteiger charge is -2.15. The Labute approximate surface area is 119 Å². The van der Waals surface area contributed by atoms with Gasteiger partial charge >= 0.3 is 0 Å². The molecule has 1 atom stereocenters. The highest BCUT2D eigenvalue weighted by atomic mass is 16.5. The number of nitrogens with zero attached hydrogens (tertiary/aromatic N) is 4. The Bertz CT molecular complexity index is 549. The van der Waals surface area contributed by atoms with Gasteiger partial charge in [-0.25, -0.2) is 0 Å². The van der Waals surface area contributed by atoms with Crippen molar-refractivity contribution in [3.8, 4) is 5.88 Å². The number of nitrogens with one attached hydrogen (secondary N) is 1. The summed E-state index contributed by atoms with van der Waals surface area (Å²) in [6.45, 7) is 2.11. The number of aromatic nitrogens is 4. The second kappa shape index (κ2) is 6.47. The normalized spacial score (nSPS) is 12.4. The Balaban J connectivity index is 2.16. The van der Waals surface area contributed by atoms with Crippen LogP contribution in [0.1, 0.15) is 30.0 Å². The van der Waals surface area contributed by atoms with Gasteiger partial charge in [0.25, 0.3) is 0 Å². The van der Waals surface area contributed by atoms with Crippen LogP contribution in [-0.2, 0) is 19.9 Å². The molecule has 0 radical (unpaired) electrons. The smallest absolute Gasteiger partial charge is 0.233 e. The van der Waals surface area contributed by atoms with E-state index < -0.39 is 0 Å². The van der Waals surface area contributed by atoms with Gasteiger partial charge in [-0.2, -0.15) is 10.2 Å².